The molecule has 1 N–H and O–H groups in total. The molecule has 100 valence electrons. The fourth-order valence-electron chi connectivity index (χ4n) is 2.60. The molecule has 1 atom stereocenters. The normalized spacial score (nSPS) is 22.9. The van der Waals surface area contributed by atoms with Gasteiger partial charge < -0.3 is 10.1 Å². The molecule has 18 heavy (non-hydrogen) atoms. The van der Waals surface area contributed by atoms with Gasteiger partial charge >= 0.3 is 0 Å². The average Bonchev–Trinajstić information content (AvgIpc) is 2.46. The summed E-state index contributed by atoms with van der Waals surface area (Å²) in [6.07, 6.45) is 7.92. The monoisotopic (exact) mass is 249 g/mol. The Balaban J connectivity index is 1.86. The van der Waals surface area contributed by atoms with Crippen molar-refractivity contribution in [2.24, 2.45) is 0 Å². The van der Waals surface area contributed by atoms with Gasteiger partial charge in [0.05, 0.1) is 12.1 Å². The number of rotatable bonds is 5. The Morgan fingerprint density at radius 2 is 2.06 bits per heavy atom. The van der Waals surface area contributed by atoms with Gasteiger partial charge in [0.1, 0.15) is 5.82 Å². The van der Waals surface area contributed by atoms with Gasteiger partial charge in [0.15, 0.2) is 0 Å². The topological polar surface area (TPSA) is 47.0 Å². The SMILES string of the molecule is CCC1(CC)CC(NCc2ncccn2)CCO1. The van der Waals surface area contributed by atoms with E-state index in [0.717, 1.165) is 44.7 Å². The molecular formula is C14H23N3O. The number of aromatic nitrogens is 2. The molecule has 0 spiro atoms. The van der Waals surface area contributed by atoms with Crippen LogP contribution in [-0.2, 0) is 11.3 Å². The van der Waals surface area contributed by atoms with E-state index < -0.39 is 0 Å². The van der Waals surface area contributed by atoms with E-state index in [1.54, 1.807) is 12.4 Å². The number of nitrogens with zero attached hydrogens (tertiary/aromatic N) is 2. The van der Waals surface area contributed by atoms with Crippen molar-refractivity contribution in [2.75, 3.05) is 6.61 Å². The van der Waals surface area contributed by atoms with Gasteiger partial charge in [0.2, 0.25) is 0 Å². The summed E-state index contributed by atoms with van der Waals surface area (Å²) in [7, 11) is 0. The summed E-state index contributed by atoms with van der Waals surface area (Å²) in [5, 5.41) is 3.56. The van der Waals surface area contributed by atoms with Crippen LogP contribution in [0.3, 0.4) is 0 Å². The minimum atomic E-state index is 0.0768. The summed E-state index contributed by atoms with van der Waals surface area (Å²) in [4.78, 5) is 8.47. The summed E-state index contributed by atoms with van der Waals surface area (Å²) in [6.45, 7) is 6.03. The highest BCUT2D eigenvalue weighted by atomic mass is 16.5. The smallest absolute Gasteiger partial charge is 0.141 e. The largest absolute Gasteiger partial charge is 0.375 e. The zero-order valence-electron chi connectivity index (χ0n) is 11.4. The summed E-state index contributed by atoms with van der Waals surface area (Å²) in [5.74, 6) is 0.864. The number of hydrogen-bond acceptors (Lipinski definition) is 4. The first-order valence-corrected chi connectivity index (χ1v) is 6.91. The molecule has 1 aromatic rings. The Kier molecular flexibility index (Phi) is 4.66. The van der Waals surface area contributed by atoms with Crippen LogP contribution >= 0.6 is 0 Å². The zero-order valence-corrected chi connectivity index (χ0v) is 11.4. The van der Waals surface area contributed by atoms with E-state index >= 15 is 0 Å². The van der Waals surface area contributed by atoms with Gasteiger partial charge in [-0.05, 0) is 31.7 Å². The van der Waals surface area contributed by atoms with E-state index in [0.29, 0.717) is 6.04 Å². The van der Waals surface area contributed by atoms with Crippen LogP contribution in [0.1, 0.15) is 45.4 Å². The lowest BCUT2D eigenvalue weighted by molar-refractivity contribution is -0.0932. The van der Waals surface area contributed by atoms with Gasteiger partial charge in [-0.2, -0.15) is 0 Å². The van der Waals surface area contributed by atoms with Gasteiger partial charge in [-0.3, -0.25) is 0 Å². The maximum absolute atomic E-state index is 5.97. The molecule has 0 amide bonds. The molecule has 1 fully saturated rings. The molecule has 1 aliphatic rings. The van der Waals surface area contributed by atoms with Crippen molar-refractivity contribution in [3.05, 3.63) is 24.3 Å². The molecule has 0 aromatic carbocycles. The van der Waals surface area contributed by atoms with Crippen LogP contribution in [-0.4, -0.2) is 28.2 Å². The number of nitrogens with one attached hydrogen (secondary N) is 1. The third kappa shape index (κ3) is 3.27. The van der Waals surface area contributed by atoms with Crippen LogP contribution < -0.4 is 5.32 Å². The van der Waals surface area contributed by atoms with Crippen LogP contribution in [0.25, 0.3) is 0 Å². The van der Waals surface area contributed by atoms with Crippen molar-refractivity contribution in [2.45, 2.75) is 57.7 Å². The van der Waals surface area contributed by atoms with Gasteiger partial charge in [-0.15, -0.1) is 0 Å². The summed E-state index contributed by atoms with van der Waals surface area (Å²) < 4.78 is 5.97. The maximum atomic E-state index is 5.97. The predicted octanol–water partition coefficient (Wildman–Crippen LogP) is 2.30. The molecule has 0 aliphatic carbocycles. The van der Waals surface area contributed by atoms with Crippen molar-refractivity contribution < 1.29 is 4.74 Å². The van der Waals surface area contributed by atoms with Crippen LogP contribution in [0.15, 0.2) is 18.5 Å². The first kappa shape index (κ1) is 13.4. The highest BCUT2D eigenvalue weighted by Gasteiger charge is 2.34. The third-order valence-corrected chi connectivity index (χ3v) is 3.95. The molecule has 1 unspecified atom stereocenters. The minimum Gasteiger partial charge on any atom is -0.375 e. The summed E-state index contributed by atoms with van der Waals surface area (Å²) in [6, 6.07) is 2.36. The van der Waals surface area contributed by atoms with E-state index in [1.807, 2.05) is 6.07 Å². The van der Waals surface area contributed by atoms with Crippen molar-refractivity contribution in [1.29, 1.82) is 0 Å². The number of ether oxygens (including phenoxy) is 1. The molecule has 1 aromatic heterocycles. The van der Waals surface area contributed by atoms with Crippen LogP contribution in [0.4, 0.5) is 0 Å². The Labute approximate surface area is 109 Å². The zero-order chi connectivity index (χ0) is 12.8. The van der Waals surface area contributed by atoms with E-state index in [2.05, 4.69) is 29.1 Å². The third-order valence-electron chi connectivity index (χ3n) is 3.95. The molecule has 0 radical (unpaired) electrons. The second-order valence-corrected chi connectivity index (χ2v) is 4.97. The number of hydrogen-bond donors (Lipinski definition) is 1. The van der Waals surface area contributed by atoms with E-state index in [4.69, 9.17) is 4.74 Å². The predicted molar refractivity (Wildman–Crippen MR) is 71.2 cm³/mol. The van der Waals surface area contributed by atoms with Crippen molar-refractivity contribution >= 4 is 0 Å². The summed E-state index contributed by atoms with van der Waals surface area (Å²) >= 11 is 0. The lowest BCUT2D eigenvalue weighted by Gasteiger charge is -2.40. The first-order chi connectivity index (χ1) is 8.78. The highest BCUT2D eigenvalue weighted by Crippen LogP contribution is 2.31. The Bertz CT molecular complexity index is 351. The van der Waals surface area contributed by atoms with Gasteiger partial charge in [-0.1, -0.05) is 13.8 Å². The lowest BCUT2D eigenvalue weighted by atomic mass is 9.86. The van der Waals surface area contributed by atoms with Crippen molar-refractivity contribution in [3.8, 4) is 0 Å². The molecule has 2 heterocycles. The highest BCUT2D eigenvalue weighted by molar-refractivity contribution is 4.91. The van der Waals surface area contributed by atoms with Gasteiger partial charge in [-0.25, -0.2) is 9.97 Å². The van der Waals surface area contributed by atoms with Crippen LogP contribution in [0.2, 0.25) is 0 Å². The fourth-order valence-corrected chi connectivity index (χ4v) is 2.60. The standard InChI is InChI=1S/C14H23N3O/c1-3-14(4-2)10-12(6-9-18-14)17-11-13-15-7-5-8-16-13/h5,7-8,12,17H,3-4,6,9-11H2,1-2H3. The molecule has 0 saturated carbocycles. The molecule has 2 rings (SSSR count). The van der Waals surface area contributed by atoms with E-state index in [-0.39, 0.29) is 5.60 Å². The second-order valence-electron chi connectivity index (χ2n) is 4.97. The molecular weight excluding hydrogens is 226 g/mol. The minimum absolute atomic E-state index is 0.0768. The quantitative estimate of drug-likeness (QED) is 0.870. The van der Waals surface area contributed by atoms with Gasteiger partial charge in [0, 0.05) is 25.0 Å². The van der Waals surface area contributed by atoms with Crippen LogP contribution in [0.5, 0.6) is 0 Å². The molecule has 1 aliphatic heterocycles. The molecule has 1 saturated heterocycles. The summed E-state index contributed by atoms with van der Waals surface area (Å²) in [5.41, 5.74) is 0.0768. The molecule has 4 heteroatoms. The lowest BCUT2D eigenvalue weighted by Crippen LogP contribution is -2.46. The Morgan fingerprint density at radius 3 is 2.72 bits per heavy atom. The van der Waals surface area contributed by atoms with Crippen molar-refractivity contribution in [3.63, 3.8) is 0 Å². The second kappa shape index (κ2) is 6.25. The fraction of sp³-hybridized carbons (Fsp3) is 0.714. The maximum Gasteiger partial charge on any atom is 0.141 e. The van der Waals surface area contributed by atoms with E-state index in [9.17, 15) is 0 Å². The average molecular weight is 249 g/mol. The van der Waals surface area contributed by atoms with Crippen molar-refractivity contribution in [1.82, 2.24) is 15.3 Å². The van der Waals surface area contributed by atoms with Gasteiger partial charge in [0.25, 0.3) is 0 Å². The Morgan fingerprint density at radius 1 is 1.33 bits per heavy atom. The molecule has 0 bridgehead atoms. The van der Waals surface area contributed by atoms with Crippen LogP contribution in [0, 0.1) is 0 Å². The molecule has 4 nitrogen and oxygen atoms in total. The van der Waals surface area contributed by atoms with E-state index in [1.165, 1.54) is 0 Å². The Hall–Kier alpha value is -1.00. The first-order valence-electron chi connectivity index (χ1n) is 6.91.